The second-order valence-electron chi connectivity index (χ2n) is 15.5. The van der Waals surface area contributed by atoms with Crippen LogP contribution in [0.4, 0.5) is 90.4 Å². The highest BCUT2D eigenvalue weighted by Gasteiger charge is 2.57. The van der Waals surface area contributed by atoms with Crippen molar-refractivity contribution in [2.75, 3.05) is 0 Å². The summed E-state index contributed by atoms with van der Waals surface area (Å²) >= 11 is 0. The van der Waals surface area contributed by atoms with Crippen LogP contribution in [0.2, 0.25) is 0 Å². The minimum atomic E-state index is -6.26. The minimum absolute atomic E-state index is 0.216. The second kappa shape index (κ2) is 14.6. The van der Waals surface area contributed by atoms with Crippen LogP contribution in [0.15, 0.2) is 59.9 Å². The average molecular weight is 958 g/mol. The Hall–Kier alpha value is -6.22. The molecule has 0 fully saturated rings. The molecular weight excluding hydrogens is 930 g/mol. The summed E-state index contributed by atoms with van der Waals surface area (Å²) in [5.41, 5.74) is -29.2. The molecule has 1 aliphatic carbocycles. The number of hydrogen-bond donors (Lipinski definition) is 1. The van der Waals surface area contributed by atoms with E-state index in [9.17, 15) is 88.9 Å². The number of hydrogen-bond acceptors (Lipinski definition) is 2. The third-order valence-corrected chi connectivity index (χ3v) is 11.9. The molecule has 22 heteroatoms. The van der Waals surface area contributed by atoms with Crippen LogP contribution in [0.1, 0.15) is 79.4 Å². The van der Waals surface area contributed by atoms with Gasteiger partial charge < -0.3 is 9.67 Å². The van der Waals surface area contributed by atoms with Crippen molar-refractivity contribution >= 4 is 44.9 Å². The molecule has 0 amide bonds. The van der Waals surface area contributed by atoms with Crippen LogP contribution in [0, 0.1) is 34.6 Å². The van der Waals surface area contributed by atoms with E-state index in [-0.39, 0.29) is 15.5 Å². The van der Waals surface area contributed by atoms with Gasteiger partial charge >= 0.3 is 37.1 Å². The molecular formula is C44H27F18N2O2+. The Kier molecular flexibility index (Phi) is 10.6. The van der Waals surface area contributed by atoms with Crippen molar-refractivity contribution in [2.45, 2.75) is 78.6 Å². The molecule has 2 aliphatic rings. The second-order valence-corrected chi connectivity index (χ2v) is 15.5. The third-order valence-electron chi connectivity index (χ3n) is 11.9. The van der Waals surface area contributed by atoms with E-state index in [1.54, 1.807) is 0 Å². The number of ketones is 1. The molecule has 350 valence electrons. The van der Waals surface area contributed by atoms with Gasteiger partial charge in [0.2, 0.25) is 17.2 Å². The van der Waals surface area contributed by atoms with Gasteiger partial charge in [-0.15, -0.1) is 0 Å². The Morgan fingerprint density at radius 3 is 1.42 bits per heavy atom. The number of alkyl halides is 18. The molecule has 0 bridgehead atoms. The van der Waals surface area contributed by atoms with Crippen molar-refractivity contribution in [3.05, 3.63) is 132 Å². The molecule has 7 rings (SSSR count). The van der Waals surface area contributed by atoms with E-state index in [0.29, 0.717) is 32.3 Å². The Bertz CT molecular complexity index is 3070. The van der Waals surface area contributed by atoms with E-state index in [1.165, 1.54) is 18.2 Å². The van der Waals surface area contributed by atoms with E-state index < -0.39 is 161 Å². The molecule has 4 aromatic carbocycles. The molecule has 5 aromatic rings. The molecule has 0 unspecified atom stereocenters. The molecule has 0 radical (unpaired) electrons. The van der Waals surface area contributed by atoms with Gasteiger partial charge in [0.1, 0.15) is 11.3 Å². The molecule has 1 aliphatic heterocycles. The van der Waals surface area contributed by atoms with Gasteiger partial charge in [0, 0.05) is 35.2 Å². The van der Waals surface area contributed by atoms with Gasteiger partial charge in [-0.3, -0.25) is 4.79 Å². The molecule has 0 saturated heterocycles. The summed E-state index contributed by atoms with van der Waals surface area (Å²) in [6, 6.07) is 8.89. The summed E-state index contributed by atoms with van der Waals surface area (Å²) in [5.74, 6) is -2.40. The Balaban J connectivity index is 1.61. The number of rotatable bonds is 3. The van der Waals surface area contributed by atoms with Gasteiger partial charge in [-0.1, -0.05) is 30.3 Å². The van der Waals surface area contributed by atoms with E-state index in [2.05, 4.69) is 0 Å². The first kappa shape index (κ1) is 47.7. The molecule has 1 N–H and O–H groups in total. The third kappa shape index (κ3) is 6.94. The normalized spacial score (nSPS) is 16.6. The maximum absolute atomic E-state index is 15.0. The van der Waals surface area contributed by atoms with Crippen molar-refractivity contribution in [3.63, 3.8) is 0 Å². The summed E-state index contributed by atoms with van der Waals surface area (Å²) in [5, 5.41) is 11.4. The largest absolute Gasteiger partial charge is 0.506 e. The number of para-hydroxylation sites is 2. The molecule has 1 aromatic heterocycles. The number of halogens is 18. The topological polar surface area (TPSA) is 45.2 Å². The predicted molar refractivity (Wildman–Crippen MR) is 203 cm³/mol. The number of nitrogens with zero attached hydrogens (tertiary/aromatic N) is 2. The Labute approximate surface area is 359 Å². The van der Waals surface area contributed by atoms with E-state index >= 15 is 0 Å². The summed E-state index contributed by atoms with van der Waals surface area (Å²) in [6.07, 6.45) is -36.1. The lowest BCUT2D eigenvalue weighted by molar-refractivity contribution is -0.174. The molecule has 66 heavy (non-hydrogen) atoms. The molecule has 2 heterocycles. The fourth-order valence-electron chi connectivity index (χ4n) is 9.17. The number of aromatic nitrogens is 1. The molecule has 0 saturated carbocycles. The number of benzene rings is 4. The van der Waals surface area contributed by atoms with Crippen molar-refractivity contribution in [3.8, 4) is 5.69 Å². The zero-order chi connectivity index (χ0) is 49.7. The molecule has 4 nitrogen and oxygen atoms in total. The van der Waals surface area contributed by atoms with Crippen LogP contribution in [0.5, 0.6) is 0 Å². The fraction of sp³-hybridized carbons (Fsp3) is 0.273. The number of carbonyl (C=O) groups is 1. The lowest BCUT2D eigenvalue weighted by atomic mass is 9.78. The van der Waals surface area contributed by atoms with Gasteiger partial charge in [-0.05, 0) is 63.4 Å². The van der Waals surface area contributed by atoms with Gasteiger partial charge in [0.15, 0.2) is 5.71 Å². The smallest absolute Gasteiger partial charge is 0.423 e. The number of allylic oxidation sites excluding steroid dienone is 3. The number of aliphatic hydroxyl groups excluding tert-OH is 1. The lowest BCUT2D eigenvalue weighted by Gasteiger charge is -2.29. The van der Waals surface area contributed by atoms with Crippen molar-refractivity contribution in [2.24, 2.45) is 0 Å². The first-order valence-corrected chi connectivity index (χ1v) is 18.8. The molecule has 0 spiro atoms. The maximum atomic E-state index is 15.0. The molecule has 0 atom stereocenters. The minimum Gasteiger partial charge on any atom is -0.506 e. The van der Waals surface area contributed by atoms with Crippen LogP contribution in [0.25, 0.3) is 27.7 Å². The van der Waals surface area contributed by atoms with Gasteiger partial charge in [0.25, 0.3) is 0 Å². The number of Topliss-reactive ketones (excluding diaryl/α,β-unsaturated/α-hetero) is 1. The van der Waals surface area contributed by atoms with E-state index in [4.69, 9.17) is 0 Å². The maximum Gasteiger partial charge on any atom is 0.423 e. The summed E-state index contributed by atoms with van der Waals surface area (Å²) in [4.78, 5) is 14.4. The standard InChI is InChI=1S/C44H26F18N2O2/c1-15-16(2)31(41(51,52)53)36(33(43(57,58)59)30(15)40(48,49)50)64-20(6)26(22-12-8-10-14-24(22)64)28-37(65)27(38(28)66)25-19(5)63(23-13-9-7-11-21(23)25)35-18(4)17(3)29(39(45,46)47)32(42(54,55)56)34(35)44(60,61)62/h7-14H,1-6H3/p+1. The highest BCUT2D eigenvalue weighted by Crippen LogP contribution is 2.57. The quantitative estimate of drug-likeness (QED) is 0.111. The van der Waals surface area contributed by atoms with E-state index in [0.717, 1.165) is 44.2 Å². The highest BCUT2D eigenvalue weighted by atomic mass is 19.4. The van der Waals surface area contributed by atoms with Crippen LogP contribution >= 0.6 is 0 Å². The zero-order valence-electron chi connectivity index (χ0n) is 34.2. The van der Waals surface area contributed by atoms with Crippen LogP contribution in [-0.4, -0.2) is 21.2 Å². The first-order chi connectivity index (χ1) is 30.0. The lowest BCUT2D eigenvalue weighted by Crippen LogP contribution is -2.28. The Morgan fingerprint density at radius 2 is 0.924 bits per heavy atom. The first-order valence-electron chi connectivity index (χ1n) is 18.8. The number of fused-ring (bicyclic) bond motifs is 2. The predicted octanol–water partition coefficient (Wildman–Crippen LogP) is 14.9. The number of carbonyl (C=O) groups excluding carboxylic acids is 1. The van der Waals surface area contributed by atoms with Crippen molar-refractivity contribution in [1.29, 1.82) is 0 Å². The van der Waals surface area contributed by atoms with Crippen LogP contribution < -0.4 is 4.58 Å². The SMILES string of the molecule is CC1=[N+](c2c(C)c(C)c(C(F)(F)F)c(C(F)(F)F)c2C(F)(F)F)c2ccccc2/C1=C1\C(=O)C(c2c(C)n(-c3c(C(F)(F)F)c(C)c(C)c(C(F)(F)F)c3C(F)(F)F)c3ccccc23)=C1O. The summed E-state index contributed by atoms with van der Waals surface area (Å²) < 4.78 is 265. The van der Waals surface area contributed by atoms with Gasteiger partial charge in [-0.25, -0.2) is 0 Å². The van der Waals surface area contributed by atoms with Crippen molar-refractivity contribution < 1.29 is 88.9 Å². The van der Waals surface area contributed by atoms with Gasteiger partial charge in [-0.2, -0.15) is 83.6 Å². The zero-order valence-corrected chi connectivity index (χ0v) is 34.2. The van der Waals surface area contributed by atoms with E-state index in [1.807, 2.05) is 0 Å². The van der Waals surface area contributed by atoms with Crippen molar-refractivity contribution in [1.82, 2.24) is 9.14 Å². The summed E-state index contributed by atoms with van der Waals surface area (Å²) in [6.45, 7) is 4.03. The fourth-order valence-corrected chi connectivity index (χ4v) is 9.17. The number of aliphatic hydroxyl groups is 1. The van der Waals surface area contributed by atoms with Gasteiger partial charge in [0.05, 0.1) is 61.3 Å². The monoisotopic (exact) mass is 957 g/mol. The highest BCUT2D eigenvalue weighted by molar-refractivity contribution is 6.48. The van der Waals surface area contributed by atoms with Crippen LogP contribution in [-0.2, 0) is 41.9 Å². The summed E-state index contributed by atoms with van der Waals surface area (Å²) in [7, 11) is 0. The Morgan fingerprint density at radius 1 is 0.485 bits per heavy atom. The average Bonchev–Trinajstić information content (AvgIpc) is 3.59. The van der Waals surface area contributed by atoms with Crippen LogP contribution in [0.3, 0.4) is 0 Å².